The van der Waals surface area contributed by atoms with Crippen molar-refractivity contribution in [2.75, 3.05) is 16.8 Å². The molecule has 1 aliphatic rings. The number of anilines is 2. The van der Waals surface area contributed by atoms with Crippen LogP contribution in [0.2, 0.25) is 0 Å². The molecule has 1 aromatic heterocycles. The minimum atomic E-state index is -0.113. The summed E-state index contributed by atoms with van der Waals surface area (Å²) in [7, 11) is 0. The van der Waals surface area contributed by atoms with E-state index in [9.17, 15) is 4.79 Å². The number of carbonyl (C=O) groups excluding carboxylic acids is 1. The number of fused-ring (bicyclic) bond motifs is 1. The average Bonchev–Trinajstić information content (AvgIpc) is 3.42. The molecule has 5 heteroatoms. The highest BCUT2D eigenvalue weighted by Gasteiger charge is 2.19. The number of benzene rings is 3. The lowest BCUT2D eigenvalue weighted by atomic mass is 10.1. The van der Waals surface area contributed by atoms with E-state index in [-0.39, 0.29) is 5.91 Å². The van der Waals surface area contributed by atoms with Crippen molar-refractivity contribution in [1.82, 2.24) is 9.78 Å². The molecule has 0 bridgehead atoms. The van der Waals surface area contributed by atoms with Gasteiger partial charge in [-0.05, 0) is 66.4 Å². The monoisotopic (exact) mass is 408 g/mol. The molecule has 0 saturated carbocycles. The molecular formula is C26H24N4O. The first-order valence-electron chi connectivity index (χ1n) is 10.5. The van der Waals surface area contributed by atoms with Crippen LogP contribution in [0.3, 0.4) is 0 Å². The number of para-hydroxylation sites is 2. The summed E-state index contributed by atoms with van der Waals surface area (Å²) in [5.74, 6) is -0.113. The Bertz CT molecular complexity index is 1230. The first-order valence-corrected chi connectivity index (χ1v) is 10.5. The fraction of sp³-hybridized carbons (Fsp3) is 0.154. The van der Waals surface area contributed by atoms with Gasteiger partial charge in [-0.3, -0.25) is 4.79 Å². The molecule has 1 amide bonds. The van der Waals surface area contributed by atoms with Gasteiger partial charge in [-0.15, -0.1) is 0 Å². The van der Waals surface area contributed by atoms with Crippen LogP contribution in [0.5, 0.6) is 0 Å². The van der Waals surface area contributed by atoms with Crippen LogP contribution in [0.15, 0.2) is 85.2 Å². The number of hydrogen-bond acceptors (Lipinski definition) is 3. The number of amides is 1. The summed E-state index contributed by atoms with van der Waals surface area (Å²) in [6.07, 6.45) is 4.84. The second kappa shape index (κ2) is 8.11. The maximum absolute atomic E-state index is 12.9. The van der Waals surface area contributed by atoms with Crippen LogP contribution in [0.4, 0.5) is 11.4 Å². The van der Waals surface area contributed by atoms with Gasteiger partial charge in [0, 0.05) is 36.2 Å². The van der Waals surface area contributed by atoms with Crippen molar-refractivity contribution in [2.24, 2.45) is 0 Å². The smallest absolute Gasteiger partial charge is 0.255 e. The van der Waals surface area contributed by atoms with Gasteiger partial charge in [0.15, 0.2) is 0 Å². The van der Waals surface area contributed by atoms with Crippen LogP contribution in [0.25, 0.3) is 5.69 Å². The lowest BCUT2D eigenvalue weighted by Crippen LogP contribution is -2.21. The molecule has 1 aliphatic heterocycles. The van der Waals surface area contributed by atoms with Crippen LogP contribution < -0.4 is 10.2 Å². The van der Waals surface area contributed by atoms with E-state index in [0.717, 1.165) is 42.0 Å². The van der Waals surface area contributed by atoms with Crippen molar-refractivity contribution in [3.63, 3.8) is 0 Å². The minimum Gasteiger partial charge on any atom is -0.367 e. The predicted molar refractivity (Wildman–Crippen MR) is 124 cm³/mol. The zero-order chi connectivity index (χ0) is 21.2. The molecule has 0 atom stereocenters. The summed E-state index contributed by atoms with van der Waals surface area (Å²) in [6, 6.07) is 24.1. The molecule has 0 fully saturated rings. The van der Waals surface area contributed by atoms with Gasteiger partial charge in [0.05, 0.1) is 11.9 Å². The molecule has 4 aromatic rings. The summed E-state index contributed by atoms with van der Waals surface area (Å²) in [5.41, 5.74) is 7.27. The van der Waals surface area contributed by atoms with Gasteiger partial charge in [-0.25, -0.2) is 4.68 Å². The van der Waals surface area contributed by atoms with E-state index in [2.05, 4.69) is 45.6 Å². The summed E-state index contributed by atoms with van der Waals surface area (Å²) >= 11 is 0. The highest BCUT2D eigenvalue weighted by atomic mass is 16.1. The summed E-state index contributed by atoms with van der Waals surface area (Å²) in [6.45, 7) is 3.77. The second-order valence-electron chi connectivity index (χ2n) is 7.92. The third-order valence-electron chi connectivity index (χ3n) is 5.72. The highest BCUT2D eigenvalue weighted by Crippen LogP contribution is 2.30. The molecule has 154 valence electrons. The van der Waals surface area contributed by atoms with Crippen molar-refractivity contribution in [3.05, 3.63) is 107 Å². The van der Waals surface area contributed by atoms with Crippen molar-refractivity contribution < 1.29 is 4.79 Å². The number of aromatic nitrogens is 2. The van der Waals surface area contributed by atoms with Crippen LogP contribution in [-0.2, 0) is 13.0 Å². The Hall–Kier alpha value is -3.86. The quantitative estimate of drug-likeness (QED) is 0.506. The molecule has 3 aromatic carbocycles. The van der Waals surface area contributed by atoms with Crippen LogP contribution >= 0.6 is 0 Å². The van der Waals surface area contributed by atoms with Crippen LogP contribution in [0.1, 0.15) is 27.0 Å². The number of rotatable bonds is 5. The van der Waals surface area contributed by atoms with Crippen molar-refractivity contribution in [3.8, 4) is 5.69 Å². The van der Waals surface area contributed by atoms with E-state index in [1.54, 1.807) is 4.68 Å². The number of hydrogen-bond donors (Lipinski definition) is 1. The van der Waals surface area contributed by atoms with Gasteiger partial charge in [-0.1, -0.05) is 36.4 Å². The fourth-order valence-corrected chi connectivity index (χ4v) is 4.07. The molecule has 5 nitrogen and oxygen atoms in total. The molecule has 0 aliphatic carbocycles. The van der Waals surface area contributed by atoms with Crippen molar-refractivity contribution >= 4 is 17.3 Å². The Morgan fingerprint density at radius 1 is 1.00 bits per heavy atom. The minimum absolute atomic E-state index is 0.113. The van der Waals surface area contributed by atoms with E-state index in [0.29, 0.717) is 5.56 Å². The largest absolute Gasteiger partial charge is 0.367 e. The zero-order valence-electron chi connectivity index (χ0n) is 17.5. The Balaban J connectivity index is 1.32. The van der Waals surface area contributed by atoms with Crippen molar-refractivity contribution in [1.29, 1.82) is 0 Å². The molecule has 1 N–H and O–H groups in total. The number of nitrogens with one attached hydrogen (secondary N) is 1. The molecular weight excluding hydrogens is 384 g/mol. The molecule has 5 rings (SSSR count). The topological polar surface area (TPSA) is 50.2 Å². The Morgan fingerprint density at radius 2 is 1.77 bits per heavy atom. The van der Waals surface area contributed by atoms with Gasteiger partial charge >= 0.3 is 0 Å². The van der Waals surface area contributed by atoms with Gasteiger partial charge in [0.25, 0.3) is 5.91 Å². The molecule has 0 unspecified atom stereocenters. The second-order valence-corrected chi connectivity index (χ2v) is 7.92. The summed E-state index contributed by atoms with van der Waals surface area (Å²) < 4.78 is 1.81. The maximum atomic E-state index is 12.9. The molecule has 0 saturated heterocycles. The van der Waals surface area contributed by atoms with Gasteiger partial charge in [-0.2, -0.15) is 5.10 Å². The van der Waals surface area contributed by atoms with E-state index >= 15 is 0 Å². The number of nitrogens with zero attached hydrogens (tertiary/aromatic N) is 3. The first kappa shape index (κ1) is 19.1. The summed E-state index contributed by atoms with van der Waals surface area (Å²) in [4.78, 5) is 15.3. The van der Waals surface area contributed by atoms with E-state index in [1.807, 2.05) is 61.8 Å². The van der Waals surface area contributed by atoms with Crippen LogP contribution in [0, 0.1) is 6.92 Å². The van der Waals surface area contributed by atoms with Crippen LogP contribution in [-0.4, -0.2) is 22.2 Å². The SMILES string of the molecule is Cc1cnn(-c2ccc(C(=O)Nc3ccccc3CN3CCc4ccccc43)cc2)c1. The zero-order valence-corrected chi connectivity index (χ0v) is 17.5. The van der Waals surface area contributed by atoms with E-state index in [1.165, 1.54) is 11.3 Å². The Labute approximate surface area is 182 Å². The standard InChI is InChI=1S/C26H24N4O/c1-19-16-27-30(17-19)23-12-10-21(11-13-23)26(31)28-24-8-4-2-7-22(24)18-29-15-14-20-6-3-5-9-25(20)29/h2-13,16-17H,14-15,18H2,1H3,(H,28,31). The molecule has 0 radical (unpaired) electrons. The molecule has 2 heterocycles. The third kappa shape index (κ3) is 3.94. The summed E-state index contributed by atoms with van der Waals surface area (Å²) in [5, 5.41) is 7.42. The van der Waals surface area contributed by atoms with Gasteiger partial charge in [0.2, 0.25) is 0 Å². The fourth-order valence-electron chi connectivity index (χ4n) is 4.07. The van der Waals surface area contributed by atoms with Crippen molar-refractivity contribution in [2.45, 2.75) is 19.9 Å². The third-order valence-corrected chi connectivity index (χ3v) is 5.72. The van der Waals surface area contributed by atoms with E-state index in [4.69, 9.17) is 0 Å². The lowest BCUT2D eigenvalue weighted by molar-refractivity contribution is 0.102. The lowest BCUT2D eigenvalue weighted by Gasteiger charge is -2.21. The number of carbonyl (C=O) groups is 1. The van der Waals surface area contributed by atoms with E-state index < -0.39 is 0 Å². The highest BCUT2D eigenvalue weighted by molar-refractivity contribution is 6.04. The van der Waals surface area contributed by atoms with Gasteiger partial charge < -0.3 is 10.2 Å². The normalized spacial score (nSPS) is 12.6. The molecule has 0 spiro atoms. The predicted octanol–water partition coefficient (Wildman–Crippen LogP) is 5.00. The molecule has 31 heavy (non-hydrogen) atoms. The first-order chi connectivity index (χ1) is 15.2. The Kier molecular flexibility index (Phi) is 5.00. The maximum Gasteiger partial charge on any atom is 0.255 e. The van der Waals surface area contributed by atoms with Gasteiger partial charge in [0.1, 0.15) is 0 Å². The Morgan fingerprint density at radius 3 is 2.58 bits per heavy atom. The number of aryl methyl sites for hydroxylation is 1. The average molecular weight is 409 g/mol.